The van der Waals surface area contributed by atoms with Crippen molar-refractivity contribution in [2.45, 2.75) is 75.8 Å². The van der Waals surface area contributed by atoms with Gasteiger partial charge in [-0.3, -0.25) is 19.1 Å². The maximum atomic E-state index is 14.8. The van der Waals surface area contributed by atoms with E-state index in [4.69, 9.17) is 30.4 Å². The average molecular weight is 735 g/mol. The molecule has 0 bridgehead atoms. The minimum absolute atomic E-state index is 0.0126. The Bertz CT molecular complexity index is 1950. The molecule has 18 nitrogen and oxygen atoms in total. The Hall–Kier alpha value is -5.85. The fourth-order valence-electron chi connectivity index (χ4n) is 5.94. The number of imide groups is 1. The summed E-state index contributed by atoms with van der Waals surface area (Å²) in [5, 5.41) is 24.8. The minimum atomic E-state index is -1.98. The lowest BCUT2D eigenvalue weighted by Gasteiger charge is -2.35. The second-order valence-corrected chi connectivity index (χ2v) is 13.3. The summed E-state index contributed by atoms with van der Waals surface area (Å²) in [5.74, 6) is -2.63. The van der Waals surface area contributed by atoms with Crippen LogP contribution in [-0.4, -0.2) is 109 Å². The van der Waals surface area contributed by atoms with Gasteiger partial charge in [0.15, 0.2) is 23.8 Å². The van der Waals surface area contributed by atoms with E-state index < -0.39 is 66.0 Å². The maximum Gasteiger partial charge on any atom is 0.408 e. The molecule has 53 heavy (non-hydrogen) atoms. The van der Waals surface area contributed by atoms with E-state index in [0.29, 0.717) is 27.5 Å². The Morgan fingerprint density at radius 1 is 0.943 bits per heavy atom. The van der Waals surface area contributed by atoms with E-state index in [0.717, 1.165) is 6.33 Å². The first-order valence-corrected chi connectivity index (χ1v) is 16.5. The fourth-order valence-corrected chi connectivity index (χ4v) is 5.94. The van der Waals surface area contributed by atoms with Gasteiger partial charge in [-0.15, -0.1) is 0 Å². The molecular formula is C35H42N8O10. The number of aliphatic hydroxyl groups excluding tert-OH is 1. The van der Waals surface area contributed by atoms with E-state index in [9.17, 15) is 29.4 Å². The Kier molecular flexibility index (Phi) is 11.4. The van der Waals surface area contributed by atoms with Crippen LogP contribution in [-0.2, 0) is 36.7 Å². The van der Waals surface area contributed by atoms with Crippen LogP contribution in [0.5, 0.6) is 11.5 Å². The van der Waals surface area contributed by atoms with Crippen molar-refractivity contribution in [1.29, 1.82) is 0 Å². The predicted octanol–water partition coefficient (Wildman–Crippen LogP) is 1.20. The number of hydrogen-bond donors (Lipinski definition) is 5. The number of carboxylic acid groups (broad SMARTS) is 1. The topological polar surface area (TPSA) is 257 Å². The molecular weight excluding hydrogens is 692 g/mol. The molecule has 5 rings (SSSR count). The normalized spacial score (nSPS) is 19.6. The number of fused-ring (bicyclic) bond motifs is 1. The van der Waals surface area contributed by atoms with E-state index in [2.05, 4.69) is 20.3 Å². The number of ether oxygens (including phenoxy) is 4. The van der Waals surface area contributed by atoms with Crippen molar-refractivity contribution in [1.82, 2.24) is 29.7 Å². The zero-order valence-electron chi connectivity index (χ0n) is 29.7. The molecule has 2 aromatic heterocycles. The average Bonchev–Trinajstić information content (AvgIpc) is 3.69. The molecule has 6 atom stereocenters. The van der Waals surface area contributed by atoms with Gasteiger partial charge in [0.25, 0.3) is 5.91 Å². The van der Waals surface area contributed by atoms with Crippen LogP contribution in [0.15, 0.2) is 61.2 Å². The molecule has 0 saturated carbocycles. The molecule has 3 heterocycles. The van der Waals surface area contributed by atoms with Gasteiger partial charge in [-0.2, -0.15) is 0 Å². The molecule has 1 saturated heterocycles. The molecule has 0 unspecified atom stereocenters. The number of rotatable bonds is 12. The molecule has 7 N–H and O–H groups in total. The summed E-state index contributed by atoms with van der Waals surface area (Å²) in [6.07, 6.45) is -4.30. The monoisotopic (exact) mass is 734 g/mol. The van der Waals surface area contributed by atoms with Crippen LogP contribution in [0.4, 0.5) is 10.6 Å². The van der Waals surface area contributed by atoms with Crippen LogP contribution in [0.2, 0.25) is 0 Å². The summed E-state index contributed by atoms with van der Waals surface area (Å²) in [7, 11) is 2.98. The molecule has 0 radical (unpaired) electrons. The number of nitrogens with one attached hydrogen (secondary N) is 1. The van der Waals surface area contributed by atoms with Crippen LogP contribution in [0, 0.1) is 0 Å². The van der Waals surface area contributed by atoms with Gasteiger partial charge in [0, 0.05) is 6.42 Å². The third-order valence-electron chi connectivity index (χ3n) is 8.44. The number of carbonyl (C=O) groups excluding carboxylic acids is 3. The second-order valence-electron chi connectivity index (χ2n) is 13.3. The molecule has 2 aromatic carbocycles. The number of alkyl carbamates (subject to hydrolysis) is 1. The summed E-state index contributed by atoms with van der Waals surface area (Å²) in [5.41, 5.74) is 12.8. The van der Waals surface area contributed by atoms with Crippen LogP contribution < -0.4 is 26.3 Å². The van der Waals surface area contributed by atoms with Crippen molar-refractivity contribution in [3.63, 3.8) is 0 Å². The Labute approximate surface area is 304 Å². The highest BCUT2D eigenvalue weighted by Crippen LogP contribution is 2.36. The molecule has 18 heteroatoms. The smallest absolute Gasteiger partial charge is 0.408 e. The number of methoxy groups -OCH3 is 2. The van der Waals surface area contributed by atoms with Gasteiger partial charge in [0.1, 0.15) is 47.1 Å². The summed E-state index contributed by atoms with van der Waals surface area (Å²) in [4.78, 5) is 68.1. The van der Waals surface area contributed by atoms with Crippen LogP contribution in [0.1, 0.15) is 38.1 Å². The van der Waals surface area contributed by atoms with E-state index >= 15 is 0 Å². The van der Waals surface area contributed by atoms with E-state index in [1.54, 1.807) is 69.3 Å². The van der Waals surface area contributed by atoms with Crippen LogP contribution >= 0.6 is 0 Å². The van der Waals surface area contributed by atoms with E-state index in [-0.39, 0.29) is 29.8 Å². The molecule has 1 aliphatic rings. The Morgan fingerprint density at radius 2 is 1.53 bits per heavy atom. The zero-order valence-corrected chi connectivity index (χ0v) is 29.7. The SMILES string of the molecule is COc1ccc(C[C@H](NC(=O)OC(C)(C)C)C(=O)N(C(=O)[C@@H](N)Cc2ccc(OC)cc2)[C@H]2[C@@H](O)[C@H](n3cnc4c(N)ncnc43)O[C@@H]2C(=O)O)cc1. The molecule has 3 amide bonds. The fraction of sp³-hybridized carbons (Fsp3) is 0.400. The summed E-state index contributed by atoms with van der Waals surface area (Å²) in [6, 6.07) is 8.44. The lowest BCUT2D eigenvalue weighted by Crippen LogP contribution is -2.63. The standard InChI is InChI=1S/C35H42N8O10/c1-35(2,3)53-34(49)41-23(15-19-8-12-21(51-5)13-9-19)31(46)43(30(45)22(36)14-18-6-10-20(50-4)11-7-18)25-26(44)32(52-27(25)33(47)48)42-17-40-24-28(37)38-16-39-29(24)42/h6-13,16-17,22-23,25-27,32,44H,14-15,36H2,1-5H3,(H,41,49)(H,47,48)(H2,37,38,39)/t22-,23-,25-,26+,27-,32+/m0/s1. The number of aliphatic carboxylic acids is 1. The third-order valence-corrected chi connectivity index (χ3v) is 8.44. The number of carbonyl (C=O) groups is 4. The number of benzene rings is 2. The first kappa shape index (κ1) is 38.4. The van der Waals surface area contributed by atoms with Crippen molar-refractivity contribution in [3.05, 3.63) is 72.3 Å². The first-order valence-electron chi connectivity index (χ1n) is 16.5. The van der Waals surface area contributed by atoms with Crippen LogP contribution in [0.25, 0.3) is 11.2 Å². The van der Waals surface area contributed by atoms with E-state index in [1.807, 2.05) is 0 Å². The third kappa shape index (κ3) is 8.62. The van der Waals surface area contributed by atoms with Crippen molar-refractivity contribution >= 4 is 40.9 Å². The van der Waals surface area contributed by atoms with Crippen molar-refractivity contribution in [2.24, 2.45) is 5.73 Å². The quantitative estimate of drug-likeness (QED) is 0.137. The number of hydrogen-bond acceptors (Lipinski definition) is 14. The predicted molar refractivity (Wildman–Crippen MR) is 187 cm³/mol. The molecule has 1 aliphatic heterocycles. The maximum absolute atomic E-state index is 14.8. The number of nitrogen functional groups attached to an aromatic ring is 1. The van der Waals surface area contributed by atoms with Gasteiger partial charge >= 0.3 is 12.1 Å². The highest BCUT2D eigenvalue weighted by Gasteiger charge is 2.55. The number of carboxylic acids is 1. The zero-order chi connectivity index (χ0) is 38.6. The second kappa shape index (κ2) is 15.8. The number of anilines is 1. The van der Waals surface area contributed by atoms with Gasteiger partial charge in [-0.25, -0.2) is 24.5 Å². The molecule has 0 spiro atoms. The highest BCUT2D eigenvalue weighted by atomic mass is 16.6. The van der Waals surface area contributed by atoms with Crippen molar-refractivity contribution < 1.29 is 48.3 Å². The lowest BCUT2D eigenvalue weighted by molar-refractivity contribution is -0.159. The molecule has 4 aromatic rings. The molecule has 0 aliphatic carbocycles. The number of nitrogens with zero attached hydrogens (tertiary/aromatic N) is 5. The van der Waals surface area contributed by atoms with Crippen LogP contribution in [0.3, 0.4) is 0 Å². The van der Waals surface area contributed by atoms with Gasteiger partial charge < -0.3 is 45.9 Å². The van der Waals surface area contributed by atoms with Gasteiger partial charge in [0.2, 0.25) is 5.91 Å². The number of imidazole rings is 1. The van der Waals surface area contributed by atoms with E-state index in [1.165, 1.54) is 25.1 Å². The van der Waals surface area contributed by atoms with Crippen molar-refractivity contribution in [2.75, 3.05) is 20.0 Å². The summed E-state index contributed by atoms with van der Waals surface area (Å²) >= 11 is 0. The Balaban J connectivity index is 1.59. The summed E-state index contributed by atoms with van der Waals surface area (Å²) < 4.78 is 23.0. The lowest BCUT2D eigenvalue weighted by atomic mass is 9.97. The first-order chi connectivity index (χ1) is 25.1. The van der Waals surface area contributed by atoms with Gasteiger partial charge in [0.05, 0.1) is 26.6 Å². The Morgan fingerprint density at radius 3 is 2.08 bits per heavy atom. The number of nitrogens with two attached hydrogens (primary N) is 2. The molecule has 1 fully saturated rings. The highest BCUT2D eigenvalue weighted by molar-refractivity contribution is 6.02. The van der Waals surface area contributed by atoms with Gasteiger partial charge in [-0.05, 0) is 62.6 Å². The van der Waals surface area contributed by atoms with Crippen molar-refractivity contribution in [3.8, 4) is 11.5 Å². The summed E-state index contributed by atoms with van der Waals surface area (Å²) in [6.45, 7) is 4.88. The largest absolute Gasteiger partial charge is 0.497 e. The van der Waals surface area contributed by atoms with Gasteiger partial charge in [-0.1, -0.05) is 24.3 Å². The number of aromatic nitrogens is 4. The number of amides is 3. The minimum Gasteiger partial charge on any atom is -0.497 e. The molecule has 282 valence electrons. The number of aliphatic hydroxyl groups is 1.